The number of likely N-dealkylation sites (tertiary alicyclic amines) is 1. The van der Waals surface area contributed by atoms with E-state index >= 15 is 0 Å². The molecule has 0 unspecified atom stereocenters. The summed E-state index contributed by atoms with van der Waals surface area (Å²) >= 11 is 0. The summed E-state index contributed by atoms with van der Waals surface area (Å²) < 4.78 is 5.62. The van der Waals surface area contributed by atoms with Gasteiger partial charge >= 0.3 is 0 Å². The van der Waals surface area contributed by atoms with E-state index < -0.39 is 0 Å². The first-order valence-electron chi connectivity index (χ1n) is 9.15. The van der Waals surface area contributed by atoms with Gasteiger partial charge in [-0.05, 0) is 38.9 Å². The molecule has 1 N–H and O–H groups in total. The number of nitrogens with one attached hydrogen (secondary N) is 1. The lowest BCUT2D eigenvalue weighted by molar-refractivity contribution is -0.123. The summed E-state index contributed by atoms with van der Waals surface area (Å²) in [6.45, 7) is 4.68. The van der Waals surface area contributed by atoms with E-state index in [0.717, 1.165) is 37.2 Å². The van der Waals surface area contributed by atoms with Crippen molar-refractivity contribution in [3.63, 3.8) is 0 Å². The Morgan fingerprint density at radius 3 is 2.81 bits per heavy atom. The van der Waals surface area contributed by atoms with E-state index in [1.165, 1.54) is 6.20 Å². The highest BCUT2D eigenvalue weighted by atomic mass is 16.5. The Balaban J connectivity index is 1.54. The number of hydrogen-bond donors (Lipinski definition) is 1. The molecule has 1 aliphatic heterocycles. The smallest absolute Gasteiger partial charge is 0.270 e. The Bertz CT molecular complexity index is 795. The molecule has 6 nitrogen and oxygen atoms in total. The zero-order valence-corrected chi connectivity index (χ0v) is 15.1. The van der Waals surface area contributed by atoms with Crippen molar-refractivity contribution in [1.29, 1.82) is 0 Å². The Labute approximate surface area is 153 Å². The Kier molecular flexibility index (Phi) is 6.17. The van der Waals surface area contributed by atoms with E-state index in [2.05, 4.69) is 14.9 Å². The zero-order valence-electron chi connectivity index (χ0n) is 15.1. The van der Waals surface area contributed by atoms with Crippen LogP contribution in [0, 0.1) is 5.92 Å². The number of aromatic nitrogens is 2. The third-order valence-corrected chi connectivity index (χ3v) is 4.83. The van der Waals surface area contributed by atoms with Crippen LogP contribution in [0.4, 0.5) is 0 Å². The number of para-hydroxylation sites is 1. The maximum Gasteiger partial charge on any atom is 0.270 e. The molecule has 2 heterocycles. The number of benzene rings is 1. The molecular formula is C20H25N3O3. The Hall–Kier alpha value is -2.47. The monoisotopic (exact) mass is 355 g/mol. The number of Topliss-reactive ketones (excluding diaryl/α,β-unsaturated/α-hetero) is 1. The average molecular weight is 355 g/mol. The third kappa shape index (κ3) is 4.58. The quantitative estimate of drug-likeness (QED) is 0.824. The average Bonchev–Trinajstić information content (AvgIpc) is 2.66. The molecular weight excluding hydrogens is 330 g/mol. The lowest BCUT2D eigenvalue weighted by Crippen LogP contribution is -2.37. The fourth-order valence-electron chi connectivity index (χ4n) is 3.40. The van der Waals surface area contributed by atoms with Crippen molar-refractivity contribution in [3.8, 4) is 5.75 Å². The van der Waals surface area contributed by atoms with Crippen LogP contribution in [0.15, 0.2) is 41.5 Å². The molecule has 0 spiro atoms. The highest BCUT2D eigenvalue weighted by Crippen LogP contribution is 2.24. The van der Waals surface area contributed by atoms with Crippen LogP contribution in [0.1, 0.15) is 31.0 Å². The molecule has 0 aliphatic carbocycles. The summed E-state index contributed by atoms with van der Waals surface area (Å²) in [7, 11) is 0. The largest absolute Gasteiger partial charge is 0.494 e. The molecule has 1 aromatic heterocycles. The number of carbonyl (C=O) groups excluding carboxylic acids is 1. The van der Waals surface area contributed by atoms with Gasteiger partial charge in [0.25, 0.3) is 5.56 Å². The number of H-pyrrole nitrogens is 1. The number of ether oxygens (including phenoxy) is 1. The van der Waals surface area contributed by atoms with Crippen LogP contribution < -0.4 is 10.3 Å². The summed E-state index contributed by atoms with van der Waals surface area (Å²) in [4.78, 5) is 33.4. The summed E-state index contributed by atoms with van der Waals surface area (Å²) in [5.41, 5.74) is 1.35. The van der Waals surface area contributed by atoms with Crippen LogP contribution in [0.2, 0.25) is 0 Å². The summed E-state index contributed by atoms with van der Waals surface area (Å²) in [6, 6.07) is 7.75. The van der Waals surface area contributed by atoms with Crippen LogP contribution in [0.3, 0.4) is 0 Å². The minimum atomic E-state index is -0.141. The first-order valence-corrected chi connectivity index (χ1v) is 9.15. The maximum atomic E-state index is 12.7. The second-order valence-electron chi connectivity index (χ2n) is 6.60. The molecule has 1 aliphatic rings. The number of hydrogen-bond acceptors (Lipinski definition) is 5. The molecule has 138 valence electrons. The molecule has 6 heteroatoms. The van der Waals surface area contributed by atoms with Gasteiger partial charge in [-0.15, -0.1) is 0 Å². The van der Waals surface area contributed by atoms with Gasteiger partial charge in [0.15, 0.2) is 0 Å². The SMILES string of the molecule is CCOc1ccccc1CC(=O)C1CCN(Cc2ncc[nH]c2=O)CC1. The molecule has 0 atom stereocenters. The highest BCUT2D eigenvalue weighted by Gasteiger charge is 2.26. The summed E-state index contributed by atoms with van der Waals surface area (Å²) in [6.07, 6.45) is 5.20. The van der Waals surface area contributed by atoms with E-state index in [1.807, 2.05) is 31.2 Å². The van der Waals surface area contributed by atoms with Crippen molar-refractivity contribution in [2.45, 2.75) is 32.7 Å². The van der Waals surface area contributed by atoms with Gasteiger partial charge in [-0.2, -0.15) is 0 Å². The topological polar surface area (TPSA) is 75.3 Å². The van der Waals surface area contributed by atoms with Gasteiger partial charge in [0.2, 0.25) is 0 Å². The third-order valence-electron chi connectivity index (χ3n) is 4.83. The first-order chi connectivity index (χ1) is 12.7. The van der Waals surface area contributed by atoms with Gasteiger partial charge in [0.1, 0.15) is 17.2 Å². The van der Waals surface area contributed by atoms with Crippen molar-refractivity contribution in [2.75, 3.05) is 19.7 Å². The molecule has 0 radical (unpaired) electrons. The maximum absolute atomic E-state index is 12.7. The van der Waals surface area contributed by atoms with E-state index in [1.54, 1.807) is 6.20 Å². The summed E-state index contributed by atoms with van der Waals surface area (Å²) in [5.74, 6) is 1.14. The first kappa shape index (κ1) is 18.3. The fourth-order valence-corrected chi connectivity index (χ4v) is 3.40. The molecule has 26 heavy (non-hydrogen) atoms. The molecule has 1 saturated heterocycles. The van der Waals surface area contributed by atoms with Crippen molar-refractivity contribution in [1.82, 2.24) is 14.9 Å². The van der Waals surface area contributed by atoms with Crippen LogP contribution in [-0.4, -0.2) is 40.3 Å². The van der Waals surface area contributed by atoms with Gasteiger partial charge < -0.3 is 9.72 Å². The van der Waals surface area contributed by atoms with Crippen molar-refractivity contribution >= 4 is 5.78 Å². The predicted octanol–water partition coefficient (Wildman–Crippen LogP) is 2.19. The van der Waals surface area contributed by atoms with Gasteiger partial charge in [0.05, 0.1) is 6.61 Å². The Morgan fingerprint density at radius 2 is 2.08 bits per heavy atom. The number of carbonyl (C=O) groups is 1. The highest BCUT2D eigenvalue weighted by molar-refractivity contribution is 5.84. The molecule has 1 aromatic carbocycles. The Morgan fingerprint density at radius 1 is 1.31 bits per heavy atom. The van der Waals surface area contributed by atoms with E-state index in [0.29, 0.717) is 25.3 Å². The molecule has 0 amide bonds. The minimum Gasteiger partial charge on any atom is -0.494 e. The summed E-state index contributed by atoms with van der Waals surface area (Å²) in [5, 5.41) is 0. The van der Waals surface area contributed by atoms with Crippen molar-refractivity contribution in [2.24, 2.45) is 5.92 Å². The standard InChI is InChI=1S/C20H25N3O3/c1-2-26-19-6-4-3-5-16(19)13-18(24)15-7-11-23(12-8-15)14-17-20(25)22-10-9-21-17/h3-6,9-10,15H,2,7-8,11-14H2,1H3,(H,22,25). The molecule has 3 rings (SSSR count). The molecule has 0 saturated carbocycles. The van der Waals surface area contributed by atoms with Crippen molar-refractivity contribution < 1.29 is 9.53 Å². The number of aromatic amines is 1. The second kappa shape index (κ2) is 8.76. The van der Waals surface area contributed by atoms with Gasteiger partial charge in [-0.25, -0.2) is 0 Å². The molecule has 1 fully saturated rings. The lowest BCUT2D eigenvalue weighted by atomic mass is 9.89. The van der Waals surface area contributed by atoms with Crippen molar-refractivity contribution in [3.05, 3.63) is 58.3 Å². The van der Waals surface area contributed by atoms with Crippen LogP contribution in [0.5, 0.6) is 5.75 Å². The van der Waals surface area contributed by atoms with E-state index in [9.17, 15) is 9.59 Å². The fraction of sp³-hybridized carbons (Fsp3) is 0.450. The number of rotatable bonds is 7. The van der Waals surface area contributed by atoms with Crippen LogP contribution in [0.25, 0.3) is 0 Å². The van der Waals surface area contributed by atoms with E-state index in [4.69, 9.17) is 4.74 Å². The number of ketones is 1. The van der Waals surface area contributed by atoms with Crippen LogP contribution in [-0.2, 0) is 17.8 Å². The van der Waals surface area contributed by atoms with Gasteiger partial charge in [0, 0.05) is 36.8 Å². The zero-order chi connectivity index (χ0) is 18.4. The van der Waals surface area contributed by atoms with E-state index in [-0.39, 0.29) is 17.3 Å². The predicted molar refractivity (Wildman–Crippen MR) is 99.2 cm³/mol. The van der Waals surface area contributed by atoms with Gasteiger partial charge in [-0.1, -0.05) is 18.2 Å². The van der Waals surface area contributed by atoms with Crippen LogP contribution >= 0.6 is 0 Å². The minimum absolute atomic E-state index is 0.0722. The number of nitrogens with zero attached hydrogens (tertiary/aromatic N) is 2. The lowest BCUT2D eigenvalue weighted by Gasteiger charge is -2.30. The number of piperidine rings is 1. The second-order valence-corrected chi connectivity index (χ2v) is 6.60. The molecule has 2 aromatic rings. The normalized spacial score (nSPS) is 15.7. The van der Waals surface area contributed by atoms with Gasteiger partial charge in [-0.3, -0.25) is 19.5 Å². The molecule has 0 bridgehead atoms.